The van der Waals surface area contributed by atoms with E-state index in [2.05, 4.69) is 22.8 Å². The summed E-state index contributed by atoms with van der Waals surface area (Å²) >= 11 is 0. The van der Waals surface area contributed by atoms with Gasteiger partial charge in [0.1, 0.15) is 0 Å². The Morgan fingerprint density at radius 2 is 2.00 bits per heavy atom. The van der Waals surface area contributed by atoms with Crippen molar-refractivity contribution in [3.8, 4) is 6.07 Å². The number of hydrogen-bond donors (Lipinski definition) is 0. The number of aryl methyl sites for hydroxylation is 1. The zero-order valence-electron chi connectivity index (χ0n) is 13.2. The Morgan fingerprint density at radius 3 is 2.78 bits per heavy atom. The molecule has 118 valence electrons. The summed E-state index contributed by atoms with van der Waals surface area (Å²) in [6.45, 7) is 2.41. The maximum absolute atomic E-state index is 12.3. The molecule has 0 radical (unpaired) electrons. The molecule has 1 aromatic heterocycles. The van der Waals surface area contributed by atoms with Gasteiger partial charge in [-0.05, 0) is 31.4 Å². The second-order valence-electron chi connectivity index (χ2n) is 5.92. The van der Waals surface area contributed by atoms with Crippen molar-refractivity contribution in [3.05, 3.63) is 42.1 Å². The van der Waals surface area contributed by atoms with E-state index in [1.165, 1.54) is 6.42 Å². The molecule has 3 rings (SSSR count). The summed E-state index contributed by atoms with van der Waals surface area (Å²) < 4.78 is 2.09. The molecule has 0 saturated carbocycles. The second-order valence-corrected chi connectivity index (χ2v) is 5.92. The first kappa shape index (κ1) is 15.4. The highest BCUT2D eigenvalue weighted by molar-refractivity contribution is 5.96. The fourth-order valence-corrected chi connectivity index (χ4v) is 3.14. The van der Waals surface area contributed by atoms with Crippen molar-refractivity contribution in [2.45, 2.75) is 32.2 Å². The van der Waals surface area contributed by atoms with Crippen LogP contribution < -0.4 is 0 Å². The van der Waals surface area contributed by atoms with Crippen LogP contribution in [0.5, 0.6) is 0 Å². The molecule has 23 heavy (non-hydrogen) atoms. The molecule has 4 nitrogen and oxygen atoms in total. The topological polar surface area (TPSA) is 49.0 Å². The van der Waals surface area contributed by atoms with Gasteiger partial charge in [-0.2, -0.15) is 5.26 Å². The number of likely N-dealkylation sites (tertiary alicyclic amines) is 1. The molecule has 1 fully saturated rings. The van der Waals surface area contributed by atoms with Crippen molar-refractivity contribution in [3.63, 3.8) is 0 Å². The van der Waals surface area contributed by atoms with Gasteiger partial charge in [0.2, 0.25) is 5.91 Å². The van der Waals surface area contributed by atoms with Crippen molar-refractivity contribution >= 4 is 22.9 Å². The van der Waals surface area contributed by atoms with E-state index in [1.807, 2.05) is 29.3 Å². The number of rotatable bonds is 4. The van der Waals surface area contributed by atoms with E-state index in [-0.39, 0.29) is 5.91 Å². The monoisotopic (exact) mass is 307 g/mol. The standard InChI is InChI=1S/C19H21N3O/c20-11-6-14-22-15-16(17-7-2-3-8-18(17)22)9-10-19(23)21-12-4-1-5-13-21/h2-3,7-10,15H,1,4-6,12-14H2. The Labute approximate surface area is 136 Å². The normalized spacial score (nSPS) is 15.2. The van der Waals surface area contributed by atoms with Crippen molar-refractivity contribution in [1.82, 2.24) is 9.47 Å². The van der Waals surface area contributed by atoms with Gasteiger partial charge in [-0.3, -0.25) is 4.79 Å². The van der Waals surface area contributed by atoms with Gasteiger partial charge in [0.25, 0.3) is 0 Å². The molecule has 0 aliphatic carbocycles. The van der Waals surface area contributed by atoms with Gasteiger partial charge >= 0.3 is 0 Å². The number of nitriles is 1. The quantitative estimate of drug-likeness (QED) is 0.811. The molecule has 1 aromatic carbocycles. The smallest absolute Gasteiger partial charge is 0.246 e. The Morgan fingerprint density at radius 1 is 1.22 bits per heavy atom. The number of benzene rings is 1. The molecular formula is C19H21N3O. The highest BCUT2D eigenvalue weighted by atomic mass is 16.2. The minimum Gasteiger partial charge on any atom is -0.346 e. The summed E-state index contributed by atoms with van der Waals surface area (Å²) in [6.07, 6.45) is 9.53. The van der Waals surface area contributed by atoms with Crippen LogP contribution >= 0.6 is 0 Å². The summed E-state index contributed by atoms with van der Waals surface area (Å²) in [5, 5.41) is 9.92. The largest absolute Gasteiger partial charge is 0.346 e. The fraction of sp³-hybridized carbons (Fsp3) is 0.368. The molecule has 1 amide bonds. The average Bonchev–Trinajstić information content (AvgIpc) is 2.96. The zero-order valence-corrected chi connectivity index (χ0v) is 13.2. The van der Waals surface area contributed by atoms with Gasteiger partial charge in [-0.25, -0.2) is 0 Å². The lowest BCUT2D eigenvalue weighted by Gasteiger charge is -2.25. The van der Waals surface area contributed by atoms with E-state index in [0.29, 0.717) is 13.0 Å². The third-order valence-electron chi connectivity index (χ3n) is 4.36. The number of piperidine rings is 1. The van der Waals surface area contributed by atoms with Crippen LogP contribution in [0.15, 0.2) is 36.5 Å². The van der Waals surface area contributed by atoms with Crippen LogP contribution in [0.1, 0.15) is 31.2 Å². The van der Waals surface area contributed by atoms with Crippen molar-refractivity contribution in [2.24, 2.45) is 0 Å². The summed E-state index contributed by atoms with van der Waals surface area (Å²) in [5.41, 5.74) is 2.14. The average molecular weight is 307 g/mol. The lowest BCUT2D eigenvalue weighted by atomic mass is 10.1. The molecule has 0 atom stereocenters. The van der Waals surface area contributed by atoms with Crippen LogP contribution in [0.2, 0.25) is 0 Å². The van der Waals surface area contributed by atoms with Gasteiger partial charge in [0, 0.05) is 48.4 Å². The van der Waals surface area contributed by atoms with Gasteiger partial charge in [0.15, 0.2) is 0 Å². The molecule has 1 aliphatic rings. The number of fused-ring (bicyclic) bond motifs is 1. The molecule has 0 bridgehead atoms. The Balaban J connectivity index is 1.83. The highest BCUT2D eigenvalue weighted by Crippen LogP contribution is 2.23. The number of aromatic nitrogens is 1. The van der Waals surface area contributed by atoms with E-state index >= 15 is 0 Å². The third-order valence-corrected chi connectivity index (χ3v) is 4.36. The minimum atomic E-state index is 0.0959. The molecule has 4 heteroatoms. The number of amides is 1. The van der Waals surface area contributed by atoms with Gasteiger partial charge in [0.05, 0.1) is 12.5 Å². The van der Waals surface area contributed by atoms with Gasteiger partial charge in [-0.15, -0.1) is 0 Å². The van der Waals surface area contributed by atoms with E-state index in [9.17, 15) is 4.79 Å². The van der Waals surface area contributed by atoms with Crippen LogP contribution in [0, 0.1) is 11.3 Å². The number of hydrogen-bond acceptors (Lipinski definition) is 2. The second kappa shape index (κ2) is 7.15. The van der Waals surface area contributed by atoms with E-state index < -0.39 is 0 Å². The molecule has 2 aromatic rings. The first-order chi connectivity index (χ1) is 11.3. The number of carbonyl (C=O) groups is 1. The third kappa shape index (κ3) is 3.45. The molecule has 0 spiro atoms. The summed E-state index contributed by atoms with van der Waals surface area (Å²) in [6, 6.07) is 10.3. The summed E-state index contributed by atoms with van der Waals surface area (Å²) in [7, 11) is 0. The summed E-state index contributed by atoms with van der Waals surface area (Å²) in [5.74, 6) is 0.0959. The Bertz CT molecular complexity index is 761. The van der Waals surface area contributed by atoms with Crippen molar-refractivity contribution < 1.29 is 4.79 Å². The molecule has 1 saturated heterocycles. The first-order valence-electron chi connectivity index (χ1n) is 8.21. The molecule has 0 unspecified atom stereocenters. The van der Waals surface area contributed by atoms with Crippen molar-refractivity contribution in [1.29, 1.82) is 5.26 Å². The lowest BCUT2D eigenvalue weighted by molar-refractivity contribution is -0.126. The minimum absolute atomic E-state index is 0.0959. The predicted octanol–water partition coefficient (Wildman–Crippen LogP) is 3.58. The zero-order chi connectivity index (χ0) is 16.1. The maximum Gasteiger partial charge on any atom is 0.246 e. The highest BCUT2D eigenvalue weighted by Gasteiger charge is 2.14. The Kier molecular flexibility index (Phi) is 4.77. The van der Waals surface area contributed by atoms with E-state index in [1.54, 1.807) is 6.08 Å². The van der Waals surface area contributed by atoms with Gasteiger partial charge < -0.3 is 9.47 Å². The number of carbonyl (C=O) groups excluding carboxylic acids is 1. The number of nitrogens with zero attached hydrogens (tertiary/aromatic N) is 3. The number of para-hydroxylation sites is 1. The molecule has 2 heterocycles. The lowest BCUT2D eigenvalue weighted by Crippen LogP contribution is -2.34. The van der Waals surface area contributed by atoms with Gasteiger partial charge in [-0.1, -0.05) is 18.2 Å². The molecular weight excluding hydrogens is 286 g/mol. The first-order valence-corrected chi connectivity index (χ1v) is 8.21. The fourth-order valence-electron chi connectivity index (χ4n) is 3.14. The van der Waals surface area contributed by atoms with Crippen LogP contribution in [0.25, 0.3) is 17.0 Å². The SMILES string of the molecule is N#CCCn1cc(C=CC(=O)N2CCCCC2)c2ccccc21. The summed E-state index contributed by atoms with van der Waals surface area (Å²) in [4.78, 5) is 14.2. The Hall–Kier alpha value is -2.54. The van der Waals surface area contributed by atoms with Crippen LogP contribution in [-0.2, 0) is 11.3 Å². The predicted molar refractivity (Wildman–Crippen MR) is 91.6 cm³/mol. The van der Waals surface area contributed by atoms with E-state index in [4.69, 9.17) is 5.26 Å². The van der Waals surface area contributed by atoms with E-state index in [0.717, 1.165) is 42.4 Å². The van der Waals surface area contributed by atoms with Crippen molar-refractivity contribution in [2.75, 3.05) is 13.1 Å². The molecule has 0 N–H and O–H groups in total. The van der Waals surface area contributed by atoms with Crippen LogP contribution in [0.3, 0.4) is 0 Å². The maximum atomic E-state index is 12.3. The van der Waals surface area contributed by atoms with Crippen LogP contribution in [0.4, 0.5) is 0 Å². The molecule has 1 aliphatic heterocycles. The van der Waals surface area contributed by atoms with Crippen LogP contribution in [-0.4, -0.2) is 28.5 Å².